The highest BCUT2D eigenvalue weighted by Crippen LogP contribution is 2.20. The largest absolute Gasteiger partial charge is 0.324 e. The van der Waals surface area contributed by atoms with Gasteiger partial charge in [0.05, 0.1) is 7.05 Å². The van der Waals surface area contributed by atoms with E-state index in [9.17, 15) is 9.18 Å². The van der Waals surface area contributed by atoms with Crippen LogP contribution in [0.2, 0.25) is 0 Å². The summed E-state index contributed by atoms with van der Waals surface area (Å²) < 4.78 is 13.8. The molecule has 0 aliphatic carbocycles. The van der Waals surface area contributed by atoms with E-state index in [1.165, 1.54) is 11.6 Å². The highest BCUT2D eigenvalue weighted by Gasteiger charge is 2.23. The molecular weight excluding hydrogens is 315 g/mol. The van der Waals surface area contributed by atoms with E-state index in [0.717, 1.165) is 17.0 Å². The summed E-state index contributed by atoms with van der Waals surface area (Å²) in [4.78, 5) is 13.4. The third kappa shape index (κ3) is 5.13. The van der Waals surface area contributed by atoms with Crippen molar-refractivity contribution in [3.8, 4) is 0 Å². The van der Waals surface area contributed by atoms with Gasteiger partial charge in [0.15, 0.2) is 6.04 Å². The Hall–Kier alpha value is -2.20. The summed E-state index contributed by atoms with van der Waals surface area (Å²) in [5.41, 5.74) is 2.69. The molecule has 134 valence electrons. The second-order valence-corrected chi connectivity index (χ2v) is 6.76. The molecule has 25 heavy (non-hydrogen) atoms. The van der Waals surface area contributed by atoms with Gasteiger partial charge in [0.2, 0.25) is 0 Å². The van der Waals surface area contributed by atoms with Crippen LogP contribution >= 0.6 is 0 Å². The number of benzene rings is 2. The molecule has 2 aromatic carbocycles. The van der Waals surface area contributed by atoms with Crippen LogP contribution in [0, 0.1) is 5.82 Å². The van der Waals surface area contributed by atoms with Crippen molar-refractivity contribution in [2.24, 2.45) is 0 Å². The molecule has 0 fully saturated rings. The maximum atomic E-state index is 13.8. The van der Waals surface area contributed by atoms with Gasteiger partial charge in [-0.05, 0) is 43.0 Å². The number of rotatable bonds is 7. The van der Waals surface area contributed by atoms with Gasteiger partial charge in [0.1, 0.15) is 12.4 Å². The third-order valence-electron chi connectivity index (χ3n) is 4.92. The summed E-state index contributed by atoms with van der Waals surface area (Å²) in [6, 6.07) is 14.4. The molecule has 3 atom stereocenters. The molecule has 0 heterocycles. The summed E-state index contributed by atoms with van der Waals surface area (Å²) >= 11 is 0. The van der Waals surface area contributed by atoms with Crippen LogP contribution in [0.25, 0.3) is 0 Å². The molecule has 0 bridgehead atoms. The summed E-state index contributed by atoms with van der Waals surface area (Å²) in [5, 5.41) is 2.95. The molecule has 4 heteroatoms. The zero-order valence-corrected chi connectivity index (χ0v) is 15.5. The smallest absolute Gasteiger partial charge is 0.282 e. The Bertz CT molecular complexity index is 699. The van der Waals surface area contributed by atoms with Crippen molar-refractivity contribution >= 4 is 11.6 Å². The molecule has 0 aliphatic rings. The second kappa shape index (κ2) is 8.77. The average molecular weight is 343 g/mol. The molecule has 2 N–H and O–H groups in total. The zero-order valence-electron chi connectivity index (χ0n) is 15.5. The minimum atomic E-state index is -0.283. The van der Waals surface area contributed by atoms with E-state index >= 15 is 0 Å². The number of amides is 1. The standard InChI is InChI=1S/C21H27FN2O/c1-5-15(2)17-10-12-19(13-11-17)23-21(25)16(3)24(4)14-18-8-6-7-9-20(18)22/h6-13,15-16H,5,14H2,1-4H3,(H,23,25)/p+1/t15-,16+/m1/s1. The van der Waals surface area contributed by atoms with Gasteiger partial charge in [0.25, 0.3) is 5.91 Å². The molecule has 0 aliphatic heterocycles. The number of nitrogens with one attached hydrogen (secondary N) is 2. The maximum Gasteiger partial charge on any atom is 0.282 e. The Morgan fingerprint density at radius 2 is 1.76 bits per heavy atom. The zero-order chi connectivity index (χ0) is 18.4. The quantitative estimate of drug-likeness (QED) is 0.794. The SMILES string of the molecule is CC[C@@H](C)c1ccc(NC(=O)[C@H](C)[NH+](C)Cc2ccccc2F)cc1. The fraction of sp³-hybridized carbons (Fsp3) is 0.381. The lowest BCUT2D eigenvalue weighted by molar-refractivity contribution is -0.908. The first-order valence-electron chi connectivity index (χ1n) is 8.89. The van der Waals surface area contributed by atoms with E-state index in [2.05, 4.69) is 31.3 Å². The maximum absolute atomic E-state index is 13.8. The van der Waals surface area contributed by atoms with Gasteiger partial charge in [0, 0.05) is 11.3 Å². The molecule has 0 saturated carbocycles. The number of anilines is 1. The first-order valence-corrected chi connectivity index (χ1v) is 8.89. The molecular formula is C21H28FN2O+. The van der Waals surface area contributed by atoms with Crippen LogP contribution in [0.1, 0.15) is 44.2 Å². The van der Waals surface area contributed by atoms with Gasteiger partial charge in [-0.1, -0.05) is 44.2 Å². The summed E-state index contributed by atoms with van der Waals surface area (Å²) in [5.74, 6) is 0.222. The molecule has 2 aromatic rings. The Labute approximate surface area is 149 Å². The van der Waals surface area contributed by atoms with E-state index in [4.69, 9.17) is 0 Å². The first-order chi connectivity index (χ1) is 11.9. The normalized spacial score (nSPS) is 14.6. The number of hydrogen-bond donors (Lipinski definition) is 2. The van der Waals surface area contributed by atoms with Crippen LogP contribution < -0.4 is 10.2 Å². The fourth-order valence-electron chi connectivity index (χ4n) is 2.70. The summed E-state index contributed by atoms with van der Waals surface area (Å²) in [6.45, 7) is 6.68. The highest BCUT2D eigenvalue weighted by atomic mass is 19.1. The predicted molar refractivity (Wildman–Crippen MR) is 100 cm³/mol. The first kappa shape index (κ1) is 19.1. The van der Waals surface area contributed by atoms with Gasteiger partial charge in [-0.3, -0.25) is 4.79 Å². The minimum absolute atomic E-state index is 0.0647. The molecule has 0 radical (unpaired) electrons. The Kier molecular flexibility index (Phi) is 6.71. The van der Waals surface area contributed by atoms with Crippen LogP contribution in [0.5, 0.6) is 0 Å². The lowest BCUT2D eigenvalue weighted by Gasteiger charge is -2.21. The van der Waals surface area contributed by atoms with Crippen LogP contribution in [-0.4, -0.2) is 19.0 Å². The van der Waals surface area contributed by atoms with Gasteiger partial charge < -0.3 is 10.2 Å². The molecule has 2 rings (SSSR count). The van der Waals surface area contributed by atoms with Crippen molar-refractivity contribution in [2.75, 3.05) is 12.4 Å². The molecule has 0 aromatic heterocycles. The monoisotopic (exact) mass is 343 g/mol. The lowest BCUT2D eigenvalue weighted by atomic mass is 9.98. The van der Waals surface area contributed by atoms with Crippen molar-refractivity contribution in [1.82, 2.24) is 0 Å². The fourth-order valence-corrected chi connectivity index (χ4v) is 2.70. The summed E-state index contributed by atoms with van der Waals surface area (Å²) in [6.07, 6.45) is 1.09. The second-order valence-electron chi connectivity index (χ2n) is 6.76. The number of carbonyl (C=O) groups is 1. The van der Waals surface area contributed by atoms with E-state index in [1.807, 2.05) is 32.2 Å². The van der Waals surface area contributed by atoms with Crippen LogP contribution in [0.4, 0.5) is 10.1 Å². The Balaban J connectivity index is 1.96. The summed E-state index contributed by atoms with van der Waals surface area (Å²) in [7, 11) is 1.91. The van der Waals surface area contributed by atoms with E-state index in [-0.39, 0.29) is 17.8 Å². The molecule has 0 saturated heterocycles. The van der Waals surface area contributed by atoms with E-state index < -0.39 is 0 Å². The van der Waals surface area contributed by atoms with Crippen molar-refractivity contribution in [3.63, 3.8) is 0 Å². The predicted octanol–water partition coefficient (Wildman–Crippen LogP) is 3.38. The van der Waals surface area contributed by atoms with Crippen molar-refractivity contribution in [2.45, 2.75) is 45.7 Å². The number of hydrogen-bond acceptors (Lipinski definition) is 1. The van der Waals surface area contributed by atoms with E-state index in [0.29, 0.717) is 18.0 Å². The highest BCUT2D eigenvalue weighted by molar-refractivity contribution is 5.93. The number of carbonyl (C=O) groups excluding carboxylic acids is 1. The van der Waals surface area contributed by atoms with Crippen LogP contribution in [-0.2, 0) is 11.3 Å². The van der Waals surface area contributed by atoms with Gasteiger partial charge in [-0.15, -0.1) is 0 Å². The van der Waals surface area contributed by atoms with Crippen LogP contribution in [0.15, 0.2) is 48.5 Å². The number of halogens is 1. The number of quaternary nitrogens is 1. The van der Waals surface area contributed by atoms with E-state index in [1.54, 1.807) is 12.1 Å². The third-order valence-corrected chi connectivity index (χ3v) is 4.92. The van der Waals surface area contributed by atoms with Crippen molar-refractivity contribution in [3.05, 3.63) is 65.5 Å². The van der Waals surface area contributed by atoms with Crippen LogP contribution in [0.3, 0.4) is 0 Å². The average Bonchev–Trinajstić information content (AvgIpc) is 2.62. The molecule has 1 amide bonds. The lowest BCUT2D eigenvalue weighted by Crippen LogP contribution is -3.12. The number of likely N-dealkylation sites (N-methyl/N-ethyl adjacent to an activating group) is 1. The Morgan fingerprint density at radius 3 is 2.36 bits per heavy atom. The Morgan fingerprint density at radius 1 is 1.12 bits per heavy atom. The molecule has 3 nitrogen and oxygen atoms in total. The van der Waals surface area contributed by atoms with Gasteiger partial charge >= 0.3 is 0 Å². The topological polar surface area (TPSA) is 33.5 Å². The minimum Gasteiger partial charge on any atom is -0.324 e. The van der Waals surface area contributed by atoms with Gasteiger partial charge in [-0.2, -0.15) is 0 Å². The van der Waals surface area contributed by atoms with Crippen molar-refractivity contribution < 1.29 is 14.1 Å². The van der Waals surface area contributed by atoms with Crippen molar-refractivity contribution in [1.29, 1.82) is 0 Å². The molecule has 0 spiro atoms. The molecule has 1 unspecified atom stereocenters. The van der Waals surface area contributed by atoms with Gasteiger partial charge in [-0.25, -0.2) is 4.39 Å².